The number of anilines is 6. The van der Waals surface area contributed by atoms with Crippen molar-refractivity contribution < 1.29 is 4.42 Å². The standard InChI is InChI=1S/C58H59BN2O/c1-55(2,3)38-21-25-42(26-22-38)60-48-32-39(56(4,5)6)23-27-46(48)59-47-28-24-40(57(7,8)9)33-49(47)61(51-35-41(58(10,11)12)34-50(60)54(51)59)43-17-15-16-36(30-43)37-20-29-53-45(31-37)44-18-13-14-19-52(44)62-53/h13-35H,1-12H3. The van der Waals surface area contributed by atoms with Crippen LogP contribution in [-0.4, -0.2) is 6.71 Å². The highest BCUT2D eigenvalue weighted by Gasteiger charge is 2.45. The SMILES string of the molecule is CC(C)(C)c1ccc(N2c3cc(C(C)(C)C)ccc3B3c4ccc(C(C)(C)C)cc4N(c4cccc(-c5ccc6oc7ccccc7c6c5)c4)c4cc(C(C)(C)C)cc2c43)cc1. The summed E-state index contributed by atoms with van der Waals surface area (Å²) in [6, 6.07) is 53.1. The smallest absolute Gasteiger partial charge is 0.252 e. The summed E-state index contributed by atoms with van der Waals surface area (Å²) in [4.78, 5) is 5.16. The van der Waals surface area contributed by atoms with Crippen LogP contribution in [0.1, 0.15) is 105 Å². The van der Waals surface area contributed by atoms with Crippen molar-refractivity contribution in [3.8, 4) is 11.1 Å². The molecule has 7 aromatic carbocycles. The molecule has 2 aliphatic heterocycles. The Balaban J connectivity index is 1.26. The zero-order chi connectivity index (χ0) is 43.7. The first kappa shape index (κ1) is 40.1. The lowest BCUT2D eigenvalue weighted by Gasteiger charge is -2.45. The van der Waals surface area contributed by atoms with Crippen molar-refractivity contribution in [2.75, 3.05) is 9.80 Å². The summed E-state index contributed by atoms with van der Waals surface area (Å²) < 4.78 is 6.25. The van der Waals surface area contributed by atoms with E-state index in [9.17, 15) is 0 Å². The Labute approximate surface area is 369 Å². The second kappa shape index (κ2) is 13.8. The zero-order valence-corrected chi connectivity index (χ0v) is 38.7. The van der Waals surface area contributed by atoms with E-state index in [1.165, 1.54) is 78.2 Å². The van der Waals surface area contributed by atoms with Gasteiger partial charge in [0.05, 0.1) is 0 Å². The Morgan fingerprint density at radius 2 is 0.871 bits per heavy atom. The molecule has 8 aromatic rings. The number of fused-ring (bicyclic) bond motifs is 7. The fraction of sp³-hybridized carbons (Fsp3) is 0.276. The van der Waals surface area contributed by atoms with Crippen LogP contribution in [0.2, 0.25) is 0 Å². The van der Waals surface area contributed by atoms with E-state index in [0.717, 1.165) is 27.6 Å². The molecule has 0 aliphatic carbocycles. The van der Waals surface area contributed by atoms with Crippen LogP contribution >= 0.6 is 0 Å². The van der Waals surface area contributed by atoms with Crippen LogP contribution < -0.4 is 26.2 Å². The molecule has 10 rings (SSSR count). The Bertz CT molecular complexity index is 3070. The molecule has 0 fully saturated rings. The molecule has 0 bridgehead atoms. The number of benzene rings is 7. The summed E-state index contributed by atoms with van der Waals surface area (Å²) in [6.07, 6.45) is 0. The van der Waals surface area contributed by atoms with Gasteiger partial charge in [-0.2, -0.15) is 0 Å². The van der Waals surface area contributed by atoms with E-state index in [1.54, 1.807) is 0 Å². The molecule has 3 heterocycles. The Morgan fingerprint density at radius 1 is 0.371 bits per heavy atom. The van der Waals surface area contributed by atoms with Gasteiger partial charge in [0.2, 0.25) is 0 Å². The minimum Gasteiger partial charge on any atom is -0.456 e. The van der Waals surface area contributed by atoms with Gasteiger partial charge < -0.3 is 14.2 Å². The molecule has 310 valence electrons. The molecule has 2 aliphatic rings. The van der Waals surface area contributed by atoms with E-state index < -0.39 is 0 Å². The maximum atomic E-state index is 6.25. The van der Waals surface area contributed by atoms with E-state index in [4.69, 9.17) is 4.42 Å². The molecule has 1 aromatic heterocycles. The number of hydrogen-bond donors (Lipinski definition) is 0. The van der Waals surface area contributed by atoms with Gasteiger partial charge in [0.25, 0.3) is 6.71 Å². The molecular weight excluding hydrogens is 751 g/mol. The van der Waals surface area contributed by atoms with Crippen molar-refractivity contribution in [3.05, 3.63) is 162 Å². The summed E-state index contributed by atoms with van der Waals surface area (Å²) in [7, 11) is 0. The summed E-state index contributed by atoms with van der Waals surface area (Å²) in [5.74, 6) is 0. The van der Waals surface area contributed by atoms with Gasteiger partial charge in [0.15, 0.2) is 0 Å². The van der Waals surface area contributed by atoms with E-state index in [0.29, 0.717) is 0 Å². The second-order valence-corrected chi connectivity index (χ2v) is 22.0. The number of hydrogen-bond acceptors (Lipinski definition) is 3. The number of para-hydroxylation sites is 1. The predicted octanol–water partition coefficient (Wildman–Crippen LogP) is 14.5. The van der Waals surface area contributed by atoms with Gasteiger partial charge >= 0.3 is 0 Å². The third kappa shape index (κ3) is 6.57. The third-order valence-electron chi connectivity index (χ3n) is 13.5. The maximum absolute atomic E-state index is 6.25. The van der Waals surface area contributed by atoms with E-state index in [-0.39, 0.29) is 28.4 Å². The first-order chi connectivity index (χ1) is 29.3. The van der Waals surface area contributed by atoms with Gasteiger partial charge in [-0.05, 0) is 138 Å². The van der Waals surface area contributed by atoms with Crippen LogP contribution in [-0.2, 0) is 21.7 Å². The lowest BCUT2D eigenvalue weighted by molar-refractivity contribution is 0.589. The van der Waals surface area contributed by atoms with Gasteiger partial charge in [-0.3, -0.25) is 0 Å². The molecule has 0 saturated carbocycles. The molecule has 0 radical (unpaired) electrons. The molecule has 0 unspecified atom stereocenters. The molecule has 0 spiro atoms. The van der Waals surface area contributed by atoms with Crippen molar-refractivity contribution in [1.29, 1.82) is 0 Å². The lowest BCUT2D eigenvalue weighted by Crippen LogP contribution is -2.61. The maximum Gasteiger partial charge on any atom is 0.252 e. The number of furan rings is 1. The average molecular weight is 811 g/mol. The molecule has 0 atom stereocenters. The quantitative estimate of drug-likeness (QED) is 0.166. The van der Waals surface area contributed by atoms with Crippen molar-refractivity contribution in [2.45, 2.75) is 105 Å². The van der Waals surface area contributed by atoms with Gasteiger partial charge in [0, 0.05) is 44.9 Å². The highest BCUT2D eigenvalue weighted by molar-refractivity contribution is 7.00. The zero-order valence-electron chi connectivity index (χ0n) is 38.7. The minimum absolute atomic E-state index is 0.0153. The van der Waals surface area contributed by atoms with E-state index >= 15 is 0 Å². The first-order valence-electron chi connectivity index (χ1n) is 22.5. The van der Waals surface area contributed by atoms with Gasteiger partial charge in [0.1, 0.15) is 11.2 Å². The predicted molar refractivity (Wildman–Crippen MR) is 268 cm³/mol. The third-order valence-corrected chi connectivity index (χ3v) is 13.5. The highest BCUT2D eigenvalue weighted by Crippen LogP contribution is 2.48. The van der Waals surface area contributed by atoms with Crippen LogP contribution in [0.4, 0.5) is 34.1 Å². The van der Waals surface area contributed by atoms with Crippen molar-refractivity contribution in [3.63, 3.8) is 0 Å². The van der Waals surface area contributed by atoms with Gasteiger partial charge in [-0.1, -0.05) is 156 Å². The Morgan fingerprint density at radius 3 is 1.45 bits per heavy atom. The lowest BCUT2D eigenvalue weighted by atomic mass is 9.33. The van der Waals surface area contributed by atoms with Crippen molar-refractivity contribution in [1.82, 2.24) is 0 Å². The van der Waals surface area contributed by atoms with E-state index in [1.807, 2.05) is 6.07 Å². The summed E-state index contributed by atoms with van der Waals surface area (Å²) >= 11 is 0. The highest BCUT2D eigenvalue weighted by atomic mass is 16.3. The monoisotopic (exact) mass is 810 g/mol. The first-order valence-corrected chi connectivity index (χ1v) is 22.5. The van der Waals surface area contributed by atoms with Gasteiger partial charge in [-0.25, -0.2) is 0 Å². The minimum atomic E-state index is -0.111. The largest absolute Gasteiger partial charge is 0.456 e. The number of nitrogens with zero attached hydrogens (tertiary/aromatic N) is 2. The molecule has 0 saturated heterocycles. The molecule has 62 heavy (non-hydrogen) atoms. The number of rotatable bonds is 3. The Hall–Kier alpha value is -6.00. The fourth-order valence-corrected chi connectivity index (χ4v) is 9.75. The van der Waals surface area contributed by atoms with Crippen LogP contribution in [0.15, 0.2) is 144 Å². The Kier molecular flexibility index (Phi) is 8.89. The molecular formula is C58H59BN2O. The van der Waals surface area contributed by atoms with Crippen molar-refractivity contribution in [2.24, 2.45) is 0 Å². The van der Waals surface area contributed by atoms with Crippen LogP contribution in [0.3, 0.4) is 0 Å². The van der Waals surface area contributed by atoms with Crippen LogP contribution in [0.5, 0.6) is 0 Å². The molecule has 0 amide bonds. The summed E-state index contributed by atoms with van der Waals surface area (Å²) in [5, 5.41) is 2.28. The van der Waals surface area contributed by atoms with E-state index in [2.05, 4.69) is 226 Å². The molecule has 3 nitrogen and oxygen atoms in total. The normalized spacial score (nSPS) is 14.0. The topological polar surface area (TPSA) is 19.6 Å². The second-order valence-electron chi connectivity index (χ2n) is 22.0. The van der Waals surface area contributed by atoms with Crippen molar-refractivity contribution >= 4 is 79.2 Å². The average Bonchev–Trinajstić information content (AvgIpc) is 3.60. The summed E-state index contributed by atoms with van der Waals surface area (Å²) in [5.41, 5.74) is 20.7. The molecule has 4 heteroatoms. The fourth-order valence-electron chi connectivity index (χ4n) is 9.75. The van der Waals surface area contributed by atoms with Crippen LogP contribution in [0, 0.1) is 0 Å². The molecule has 0 N–H and O–H groups in total. The summed E-state index contributed by atoms with van der Waals surface area (Å²) in [6.45, 7) is 28.0. The van der Waals surface area contributed by atoms with Crippen LogP contribution in [0.25, 0.3) is 33.1 Å². The van der Waals surface area contributed by atoms with Gasteiger partial charge in [-0.15, -0.1) is 0 Å².